The molecule has 3 aromatic rings. The number of thiophene rings is 1. The molecule has 7 heteroatoms. The first kappa shape index (κ1) is 22.2. The van der Waals surface area contributed by atoms with Crippen LogP contribution in [0.15, 0.2) is 41.2 Å². The summed E-state index contributed by atoms with van der Waals surface area (Å²) in [5, 5.41) is 11.0. The minimum Gasteiger partial charge on any atom is -0.389 e. The summed E-state index contributed by atoms with van der Waals surface area (Å²) in [6, 6.07) is 11.9. The number of nitrogens with zero attached hydrogens (tertiary/aromatic N) is 2. The van der Waals surface area contributed by atoms with Gasteiger partial charge in [-0.15, -0.1) is 17.8 Å². The number of terminal acetylenes is 1. The monoisotopic (exact) mass is 425 g/mol. The van der Waals surface area contributed by atoms with E-state index in [4.69, 9.17) is 11.2 Å². The predicted molar refractivity (Wildman–Crippen MR) is 121 cm³/mol. The third-order valence-electron chi connectivity index (χ3n) is 4.63. The van der Waals surface area contributed by atoms with Crippen LogP contribution in [-0.4, -0.2) is 45.8 Å². The molecule has 0 spiro atoms. The Morgan fingerprint density at radius 3 is 2.77 bits per heavy atom. The molecule has 2 heterocycles. The van der Waals surface area contributed by atoms with E-state index < -0.39 is 6.10 Å². The first-order chi connectivity index (χ1) is 14.5. The molecule has 6 nitrogen and oxygen atoms in total. The summed E-state index contributed by atoms with van der Waals surface area (Å²) in [4.78, 5) is 24.1. The number of hydrogen-bond acceptors (Lipinski definition) is 6. The van der Waals surface area contributed by atoms with E-state index in [1.807, 2.05) is 41.3 Å². The Morgan fingerprint density at radius 2 is 2.07 bits per heavy atom. The number of aromatic amines is 1. The molecular weight excluding hydrogens is 398 g/mol. The molecule has 2 aromatic heterocycles. The van der Waals surface area contributed by atoms with Gasteiger partial charge in [0.1, 0.15) is 17.3 Å². The van der Waals surface area contributed by atoms with E-state index in [2.05, 4.69) is 29.7 Å². The molecule has 158 valence electrons. The van der Waals surface area contributed by atoms with Gasteiger partial charge in [0, 0.05) is 18.0 Å². The van der Waals surface area contributed by atoms with E-state index in [0.29, 0.717) is 36.8 Å². The number of fused-ring (bicyclic) bond motifs is 1. The summed E-state index contributed by atoms with van der Waals surface area (Å²) < 4.78 is 5.26. The van der Waals surface area contributed by atoms with Gasteiger partial charge in [-0.25, -0.2) is 4.98 Å². The molecular formula is C23H27N3O3S. The fourth-order valence-corrected chi connectivity index (χ4v) is 4.25. The average Bonchev–Trinajstić information content (AvgIpc) is 3.14. The molecule has 2 N–H and O–H groups in total. The predicted octanol–water partition coefficient (Wildman–Crippen LogP) is 3.12. The van der Waals surface area contributed by atoms with Gasteiger partial charge in [0.15, 0.2) is 0 Å². The fraction of sp³-hybridized carbons (Fsp3) is 0.391. The average molecular weight is 426 g/mol. The summed E-state index contributed by atoms with van der Waals surface area (Å²) in [7, 11) is 0. The van der Waals surface area contributed by atoms with E-state index in [9.17, 15) is 9.90 Å². The Balaban J connectivity index is 1.80. The number of rotatable bonds is 10. The summed E-state index contributed by atoms with van der Waals surface area (Å²) in [6.45, 7) is 5.90. The van der Waals surface area contributed by atoms with Gasteiger partial charge < -0.3 is 14.8 Å². The summed E-state index contributed by atoms with van der Waals surface area (Å²) in [5.41, 5.74) is 0.978. The van der Waals surface area contributed by atoms with Crippen molar-refractivity contribution >= 4 is 21.6 Å². The van der Waals surface area contributed by atoms with Crippen molar-refractivity contribution in [2.24, 2.45) is 0 Å². The normalized spacial score (nSPS) is 12.5. The molecule has 1 unspecified atom stereocenters. The Labute approximate surface area is 180 Å². The van der Waals surface area contributed by atoms with Crippen LogP contribution in [0.2, 0.25) is 0 Å². The number of aliphatic hydroxyl groups excluding tert-OH is 1. The number of ether oxygens (including phenoxy) is 1. The van der Waals surface area contributed by atoms with Gasteiger partial charge in [-0.05, 0) is 17.5 Å². The van der Waals surface area contributed by atoms with E-state index in [-0.39, 0.29) is 18.8 Å². The second-order valence-corrected chi connectivity index (χ2v) is 8.63. The van der Waals surface area contributed by atoms with E-state index in [0.717, 1.165) is 15.3 Å². The van der Waals surface area contributed by atoms with E-state index in [1.54, 1.807) is 11.3 Å². The molecule has 30 heavy (non-hydrogen) atoms. The lowest BCUT2D eigenvalue weighted by atomic mass is 10.2. The Kier molecular flexibility index (Phi) is 7.77. The maximum absolute atomic E-state index is 12.6. The van der Waals surface area contributed by atoms with Crippen molar-refractivity contribution in [1.82, 2.24) is 14.9 Å². The van der Waals surface area contributed by atoms with Crippen LogP contribution in [0.5, 0.6) is 0 Å². The van der Waals surface area contributed by atoms with E-state index >= 15 is 0 Å². The van der Waals surface area contributed by atoms with Crippen LogP contribution in [-0.2, 0) is 17.8 Å². The zero-order valence-electron chi connectivity index (χ0n) is 17.3. The Hall–Kier alpha value is -2.50. The first-order valence-electron chi connectivity index (χ1n) is 9.94. The van der Waals surface area contributed by atoms with Crippen molar-refractivity contribution in [2.45, 2.75) is 39.0 Å². The summed E-state index contributed by atoms with van der Waals surface area (Å²) in [6.07, 6.45) is 4.49. The van der Waals surface area contributed by atoms with Crippen LogP contribution in [0.25, 0.3) is 10.2 Å². The summed E-state index contributed by atoms with van der Waals surface area (Å²) >= 11 is 1.55. The highest BCUT2D eigenvalue weighted by Gasteiger charge is 2.16. The third kappa shape index (κ3) is 6.00. The number of H-pyrrole nitrogens is 1. The van der Waals surface area contributed by atoms with Crippen LogP contribution < -0.4 is 5.56 Å². The quantitative estimate of drug-likeness (QED) is 0.385. The van der Waals surface area contributed by atoms with Crippen LogP contribution in [0.4, 0.5) is 0 Å². The van der Waals surface area contributed by atoms with Crippen LogP contribution in [0.1, 0.15) is 36.0 Å². The molecule has 0 aliphatic carbocycles. The SMILES string of the molecule is C#CCOCC(O)CN(Cc1ccccc1)Cc1nc2sc(C(C)C)cc2c(=O)[nH]1. The molecule has 1 aromatic carbocycles. The maximum atomic E-state index is 12.6. The molecule has 1 atom stereocenters. The van der Waals surface area contributed by atoms with Crippen molar-refractivity contribution in [1.29, 1.82) is 0 Å². The second kappa shape index (κ2) is 10.5. The molecule has 0 aliphatic heterocycles. The fourth-order valence-electron chi connectivity index (χ4n) is 3.20. The van der Waals surface area contributed by atoms with Gasteiger partial charge in [0.05, 0.1) is 24.6 Å². The molecule has 0 amide bonds. The molecule has 3 rings (SSSR count). The van der Waals surface area contributed by atoms with Gasteiger partial charge in [0.25, 0.3) is 5.56 Å². The molecule has 0 aliphatic rings. The first-order valence-corrected chi connectivity index (χ1v) is 10.8. The van der Waals surface area contributed by atoms with Crippen LogP contribution in [0.3, 0.4) is 0 Å². The van der Waals surface area contributed by atoms with Gasteiger partial charge in [-0.3, -0.25) is 9.69 Å². The van der Waals surface area contributed by atoms with Gasteiger partial charge in [-0.1, -0.05) is 50.1 Å². The molecule has 0 bridgehead atoms. The van der Waals surface area contributed by atoms with Crippen LogP contribution in [0, 0.1) is 12.3 Å². The third-order valence-corrected chi connectivity index (χ3v) is 5.96. The van der Waals surface area contributed by atoms with Crippen molar-refractivity contribution in [3.05, 3.63) is 63.0 Å². The standard InChI is InChI=1S/C23H27N3O3S/c1-4-10-29-15-18(27)13-26(12-17-8-6-5-7-9-17)14-21-24-22(28)19-11-20(16(2)3)30-23(19)25-21/h1,5-9,11,16,18,27H,10,12-15H2,2-3H3,(H,24,25,28). The lowest BCUT2D eigenvalue weighted by Crippen LogP contribution is -2.35. The zero-order chi connectivity index (χ0) is 21.5. The van der Waals surface area contributed by atoms with E-state index in [1.165, 1.54) is 0 Å². The number of benzene rings is 1. The van der Waals surface area contributed by atoms with Crippen molar-refractivity contribution in [3.63, 3.8) is 0 Å². The lowest BCUT2D eigenvalue weighted by molar-refractivity contribution is 0.0238. The Bertz CT molecular complexity index is 1050. The maximum Gasteiger partial charge on any atom is 0.259 e. The topological polar surface area (TPSA) is 78.5 Å². The highest BCUT2D eigenvalue weighted by molar-refractivity contribution is 7.18. The minimum absolute atomic E-state index is 0.129. The highest BCUT2D eigenvalue weighted by Crippen LogP contribution is 2.27. The smallest absolute Gasteiger partial charge is 0.259 e. The van der Waals surface area contributed by atoms with Crippen molar-refractivity contribution in [3.8, 4) is 12.3 Å². The minimum atomic E-state index is -0.702. The number of aliphatic hydroxyl groups is 1. The number of aromatic nitrogens is 2. The van der Waals surface area contributed by atoms with Gasteiger partial charge in [-0.2, -0.15) is 0 Å². The highest BCUT2D eigenvalue weighted by atomic mass is 32.1. The van der Waals surface area contributed by atoms with Gasteiger partial charge in [0.2, 0.25) is 0 Å². The molecule has 0 radical (unpaired) electrons. The number of hydrogen-bond donors (Lipinski definition) is 2. The lowest BCUT2D eigenvalue weighted by Gasteiger charge is -2.24. The van der Waals surface area contributed by atoms with Crippen LogP contribution >= 0.6 is 11.3 Å². The summed E-state index contributed by atoms with van der Waals surface area (Å²) in [5.74, 6) is 3.32. The largest absolute Gasteiger partial charge is 0.389 e. The van der Waals surface area contributed by atoms with Crippen molar-refractivity contribution in [2.75, 3.05) is 19.8 Å². The second-order valence-electron chi connectivity index (χ2n) is 7.56. The van der Waals surface area contributed by atoms with Gasteiger partial charge >= 0.3 is 0 Å². The molecule has 0 saturated carbocycles. The molecule has 0 fully saturated rings. The Morgan fingerprint density at radius 1 is 1.30 bits per heavy atom. The van der Waals surface area contributed by atoms with Crippen molar-refractivity contribution < 1.29 is 9.84 Å². The zero-order valence-corrected chi connectivity index (χ0v) is 18.1. The number of nitrogens with one attached hydrogen (secondary N) is 1. The molecule has 0 saturated heterocycles.